The van der Waals surface area contributed by atoms with E-state index in [0.29, 0.717) is 5.06 Å². The van der Waals surface area contributed by atoms with Crippen molar-refractivity contribution in [3.8, 4) is 0 Å². The zero-order valence-electron chi connectivity index (χ0n) is 18.7. The van der Waals surface area contributed by atoms with Crippen LogP contribution in [0.4, 0.5) is 4.79 Å². The molecule has 1 heterocycles. The molecule has 0 aliphatic carbocycles. The summed E-state index contributed by atoms with van der Waals surface area (Å²) in [5.74, 6) is -4.49. The van der Waals surface area contributed by atoms with Gasteiger partial charge in [0.25, 0.3) is 11.8 Å². The molecule has 1 fully saturated rings. The number of aliphatic hydroxyl groups is 1. The number of imide groups is 1. The van der Waals surface area contributed by atoms with Gasteiger partial charge in [0.15, 0.2) is 0 Å². The maximum absolute atomic E-state index is 12.6. The number of nitrogens with one attached hydrogen (secondary N) is 3. The minimum atomic E-state index is -1.44. The summed E-state index contributed by atoms with van der Waals surface area (Å²) in [6.07, 6.45) is -0.984. The maximum atomic E-state index is 12.6. The number of amides is 5. The Labute approximate surface area is 185 Å². The predicted octanol–water partition coefficient (Wildman–Crippen LogP) is -1.26. The second-order valence-corrected chi connectivity index (χ2v) is 8.37. The number of hydrogen-bond donors (Lipinski definition) is 4. The number of carbonyl (C=O) groups is 6. The third kappa shape index (κ3) is 8.49. The topological polar surface area (TPSA) is 180 Å². The molecule has 0 aromatic carbocycles. The van der Waals surface area contributed by atoms with Gasteiger partial charge in [-0.15, -0.1) is 5.06 Å². The highest BCUT2D eigenvalue weighted by atomic mass is 16.7. The van der Waals surface area contributed by atoms with E-state index in [4.69, 9.17) is 4.74 Å². The van der Waals surface area contributed by atoms with Crippen molar-refractivity contribution >= 4 is 35.7 Å². The molecule has 0 saturated carbocycles. The van der Waals surface area contributed by atoms with Crippen LogP contribution in [0, 0.1) is 5.92 Å². The van der Waals surface area contributed by atoms with Crippen molar-refractivity contribution in [2.75, 3.05) is 13.2 Å². The van der Waals surface area contributed by atoms with Gasteiger partial charge in [0.05, 0.1) is 6.61 Å². The van der Waals surface area contributed by atoms with E-state index in [0.717, 1.165) is 0 Å². The fraction of sp³-hybridized carbons (Fsp3) is 0.684. The average Bonchev–Trinajstić information content (AvgIpc) is 2.98. The number of rotatable bonds is 9. The number of carbonyl (C=O) groups excluding carboxylic acids is 6. The van der Waals surface area contributed by atoms with Gasteiger partial charge in [-0.25, -0.2) is 9.59 Å². The molecule has 0 spiro atoms. The fourth-order valence-electron chi connectivity index (χ4n) is 2.50. The highest BCUT2D eigenvalue weighted by Gasteiger charge is 2.33. The van der Waals surface area contributed by atoms with Crippen molar-refractivity contribution in [3.05, 3.63) is 0 Å². The van der Waals surface area contributed by atoms with Crippen molar-refractivity contribution in [3.63, 3.8) is 0 Å². The van der Waals surface area contributed by atoms with Crippen LogP contribution in [-0.4, -0.2) is 76.7 Å². The first kappa shape index (κ1) is 26.8. The zero-order valence-corrected chi connectivity index (χ0v) is 18.7. The van der Waals surface area contributed by atoms with Gasteiger partial charge < -0.3 is 30.6 Å². The van der Waals surface area contributed by atoms with Crippen LogP contribution < -0.4 is 16.0 Å². The van der Waals surface area contributed by atoms with Crippen molar-refractivity contribution in [1.82, 2.24) is 21.0 Å². The molecule has 2 atom stereocenters. The molecule has 4 N–H and O–H groups in total. The number of alkyl carbamates (subject to hydrolysis) is 1. The second-order valence-electron chi connectivity index (χ2n) is 8.37. The lowest BCUT2D eigenvalue weighted by atomic mass is 10.0. The Morgan fingerprint density at radius 2 is 1.59 bits per heavy atom. The van der Waals surface area contributed by atoms with Crippen molar-refractivity contribution in [2.24, 2.45) is 5.92 Å². The van der Waals surface area contributed by atoms with Crippen LogP contribution in [0.5, 0.6) is 0 Å². The molecular formula is C19H30N4O9. The van der Waals surface area contributed by atoms with Crippen LogP contribution in [0.1, 0.15) is 47.5 Å². The molecule has 0 radical (unpaired) electrons. The smallest absolute Gasteiger partial charge is 0.408 e. The van der Waals surface area contributed by atoms with Gasteiger partial charge in [0.2, 0.25) is 11.8 Å². The molecule has 1 saturated heterocycles. The van der Waals surface area contributed by atoms with Crippen molar-refractivity contribution in [2.45, 2.75) is 65.1 Å². The number of hydrogen-bond acceptors (Lipinski definition) is 9. The summed E-state index contributed by atoms with van der Waals surface area (Å²) in [4.78, 5) is 76.0. The molecule has 5 amide bonds. The molecule has 0 bridgehead atoms. The van der Waals surface area contributed by atoms with Gasteiger partial charge in [-0.2, -0.15) is 0 Å². The Hall–Kier alpha value is -3.22. The van der Waals surface area contributed by atoms with Crippen molar-refractivity contribution in [1.29, 1.82) is 0 Å². The Morgan fingerprint density at radius 3 is 2.06 bits per heavy atom. The van der Waals surface area contributed by atoms with Gasteiger partial charge in [0.1, 0.15) is 24.2 Å². The van der Waals surface area contributed by atoms with Crippen LogP contribution in [0.3, 0.4) is 0 Å². The Kier molecular flexibility index (Phi) is 9.56. The van der Waals surface area contributed by atoms with E-state index in [9.17, 15) is 33.9 Å². The summed E-state index contributed by atoms with van der Waals surface area (Å²) >= 11 is 0. The lowest BCUT2D eigenvalue weighted by molar-refractivity contribution is -0.196. The molecule has 1 rings (SSSR count). The summed E-state index contributed by atoms with van der Waals surface area (Å²) in [5, 5.41) is 16.6. The van der Waals surface area contributed by atoms with Crippen molar-refractivity contribution < 1.29 is 43.4 Å². The molecule has 180 valence electrons. The van der Waals surface area contributed by atoms with E-state index >= 15 is 0 Å². The third-order valence-corrected chi connectivity index (χ3v) is 4.04. The molecular weight excluding hydrogens is 428 g/mol. The van der Waals surface area contributed by atoms with E-state index in [1.54, 1.807) is 34.6 Å². The molecule has 0 aromatic heterocycles. The molecule has 1 aliphatic rings. The first-order valence-corrected chi connectivity index (χ1v) is 10.00. The minimum absolute atomic E-state index is 0.0779. The first-order chi connectivity index (χ1) is 14.7. The predicted molar refractivity (Wildman–Crippen MR) is 107 cm³/mol. The van der Waals surface area contributed by atoms with Crippen LogP contribution in [-0.2, 0) is 33.5 Å². The highest BCUT2D eigenvalue weighted by Crippen LogP contribution is 2.12. The average molecular weight is 458 g/mol. The summed E-state index contributed by atoms with van der Waals surface area (Å²) in [6, 6.07) is -2.50. The fourth-order valence-corrected chi connectivity index (χ4v) is 2.50. The normalized spacial score (nSPS) is 15.8. The Morgan fingerprint density at radius 1 is 1.03 bits per heavy atom. The second kappa shape index (κ2) is 11.4. The van der Waals surface area contributed by atoms with E-state index in [-0.39, 0.29) is 18.8 Å². The third-order valence-electron chi connectivity index (χ3n) is 4.04. The van der Waals surface area contributed by atoms with Gasteiger partial charge in [0, 0.05) is 12.8 Å². The Balaban J connectivity index is 2.62. The monoisotopic (exact) mass is 458 g/mol. The summed E-state index contributed by atoms with van der Waals surface area (Å²) in [6.45, 7) is 6.77. The molecule has 13 heteroatoms. The minimum Gasteiger partial charge on any atom is -0.444 e. The summed E-state index contributed by atoms with van der Waals surface area (Å²) in [7, 11) is 0. The van der Waals surface area contributed by atoms with Gasteiger partial charge >= 0.3 is 12.1 Å². The molecule has 32 heavy (non-hydrogen) atoms. The number of ether oxygens (including phenoxy) is 1. The largest absolute Gasteiger partial charge is 0.444 e. The van der Waals surface area contributed by atoms with E-state index in [2.05, 4.69) is 20.8 Å². The maximum Gasteiger partial charge on any atom is 0.408 e. The lowest BCUT2D eigenvalue weighted by Gasteiger charge is -2.26. The number of aliphatic hydroxyl groups excluding tert-OH is 1. The Bertz CT molecular complexity index is 744. The van der Waals surface area contributed by atoms with E-state index in [1.807, 2.05) is 0 Å². The van der Waals surface area contributed by atoms with Crippen LogP contribution >= 0.6 is 0 Å². The quantitative estimate of drug-likeness (QED) is 0.307. The number of hydroxylamine groups is 2. The van der Waals surface area contributed by atoms with E-state index in [1.165, 1.54) is 0 Å². The number of nitrogens with zero attached hydrogens (tertiary/aromatic N) is 1. The van der Waals surface area contributed by atoms with Crippen LogP contribution in [0.25, 0.3) is 0 Å². The molecule has 1 aliphatic heterocycles. The van der Waals surface area contributed by atoms with E-state index < -0.39 is 66.5 Å². The van der Waals surface area contributed by atoms with Gasteiger partial charge in [-0.1, -0.05) is 13.8 Å². The van der Waals surface area contributed by atoms with Gasteiger partial charge in [-0.3, -0.25) is 19.2 Å². The lowest BCUT2D eigenvalue weighted by Crippen LogP contribution is -2.57. The molecule has 0 aromatic rings. The standard InChI is InChI=1S/C19H30N4O9/c1-10(2)15(22-18(30)31-19(3,4)5)17(29)21-11(9-24)16(28)20-8-14(27)32-23-12(25)6-7-13(23)26/h10-11,15,24H,6-9H2,1-5H3,(H,20,28)(H,21,29)(H,22,30)/t11-,15-/m0/s1. The van der Waals surface area contributed by atoms with Gasteiger partial charge in [-0.05, 0) is 26.7 Å². The molecule has 0 unspecified atom stereocenters. The SMILES string of the molecule is CC(C)[C@H](NC(=O)OC(C)(C)C)C(=O)N[C@@H](CO)C(=O)NCC(=O)ON1C(=O)CCC1=O. The first-order valence-electron chi connectivity index (χ1n) is 10.00. The molecule has 13 nitrogen and oxygen atoms in total. The zero-order chi connectivity index (χ0) is 24.6. The highest BCUT2D eigenvalue weighted by molar-refractivity contribution is 6.01. The van der Waals surface area contributed by atoms with Crippen LogP contribution in [0.2, 0.25) is 0 Å². The summed E-state index contributed by atoms with van der Waals surface area (Å²) < 4.78 is 5.12. The van der Waals surface area contributed by atoms with Crippen LogP contribution in [0.15, 0.2) is 0 Å². The summed E-state index contributed by atoms with van der Waals surface area (Å²) in [5.41, 5.74) is -0.783.